The highest BCUT2D eigenvalue weighted by atomic mass is 19.3. The molecule has 2 heterocycles. The number of carbonyl (C=O) groups excluding carboxylic acids is 1. The van der Waals surface area contributed by atoms with Crippen molar-refractivity contribution in [3.05, 3.63) is 51.7 Å². The average molecular weight is 382 g/mol. The number of primary amides is 1. The maximum Gasteiger partial charge on any atom is 0.347 e. The Hall–Kier alpha value is -2.65. The van der Waals surface area contributed by atoms with Crippen molar-refractivity contribution in [3.63, 3.8) is 0 Å². The number of hydrogen-bond acceptors (Lipinski definition) is 3. The number of halogens is 4. The zero-order chi connectivity index (χ0) is 19.4. The molecule has 142 valence electrons. The highest BCUT2D eigenvalue weighted by molar-refractivity contribution is 5.87. The van der Waals surface area contributed by atoms with Gasteiger partial charge in [0, 0.05) is 12.5 Å². The van der Waals surface area contributed by atoms with Gasteiger partial charge in [0.1, 0.15) is 28.4 Å². The molecule has 1 aromatic heterocycles. The van der Waals surface area contributed by atoms with E-state index in [1.807, 2.05) is 0 Å². The van der Waals surface area contributed by atoms with E-state index in [0.717, 1.165) is 22.9 Å². The van der Waals surface area contributed by atoms with Crippen LogP contribution in [0.3, 0.4) is 0 Å². The lowest BCUT2D eigenvalue weighted by Gasteiger charge is -2.72. The summed E-state index contributed by atoms with van der Waals surface area (Å²) in [5, 5.41) is 4.08. The minimum absolute atomic E-state index is 0.238. The van der Waals surface area contributed by atoms with Gasteiger partial charge < -0.3 is 5.73 Å². The molecule has 6 nitrogen and oxygen atoms in total. The second kappa shape index (κ2) is 4.60. The summed E-state index contributed by atoms with van der Waals surface area (Å²) in [4.78, 5) is 24.3. The summed E-state index contributed by atoms with van der Waals surface area (Å²) in [5.41, 5.74) is 0.825. The highest BCUT2D eigenvalue weighted by Crippen LogP contribution is 2.79. The fraction of sp³-hybridized carbons (Fsp3) is 0.471. The molecule has 2 N–H and O–H groups in total. The van der Waals surface area contributed by atoms with E-state index < -0.39 is 46.1 Å². The third kappa shape index (κ3) is 1.65. The molecule has 27 heavy (non-hydrogen) atoms. The number of nitrogens with two attached hydrogens (primary N) is 1. The van der Waals surface area contributed by atoms with E-state index in [-0.39, 0.29) is 24.2 Å². The standard InChI is InChI=1S/C17H14F4N4O2/c18-9-3-8(4-10(19)5-9)11-1-2-12-23-25(14(27)24(11)12)16-6-15(7-16,13(22)26)17(16,20)21/h3-5,11H,1-2,6-7H2,(H2,22,26). The first-order chi connectivity index (χ1) is 12.6. The molecule has 2 aromatic rings. The first kappa shape index (κ1) is 16.5. The van der Waals surface area contributed by atoms with Gasteiger partial charge in [-0.05, 0) is 37.0 Å². The SMILES string of the molecule is NC(=O)C12CC(n3nc4n(c3=O)C(c3cc(F)cc(F)c3)CC4)(C1)C2(F)F. The van der Waals surface area contributed by atoms with Crippen LogP contribution in [0.1, 0.15) is 36.7 Å². The quantitative estimate of drug-likeness (QED) is 0.816. The van der Waals surface area contributed by atoms with Gasteiger partial charge in [-0.15, -0.1) is 0 Å². The lowest BCUT2D eigenvalue weighted by Crippen LogP contribution is -2.87. The van der Waals surface area contributed by atoms with Crippen LogP contribution in [0, 0.1) is 17.0 Å². The number of fused-ring (bicyclic) bond motifs is 1. The average Bonchev–Trinajstić information content (AvgIpc) is 3.06. The number of rotatable bonds is 3. The molecule has 3 aliphatic carbocycles. The van der Waals surface area contributed by atoms with Crippen molar-refractivity contribution in [2.24, 2.45) is 11.1 Å². The zero-order valence-electron chi connectivity index (χ0n) is 13.9. The largest absolute Gasteiger partial charge is 0.369 e. The number of nitrogens with zero attached hydrogens (tertiary/aromatic N) is 3. The van der Waals surface area contributed by atoms with E-state index in [1.54, 1.807) is 0 Å². The Kier molecular flexibility index (Phi) is 2.81. The molecule has 2 bridgehead atoms. The van der Waals surface area contributed by atoms with Gasteiger partial charge >= 0.3 is 5.69 Å². The minimum Gasteiger partial charge on any atom is -0.369 e. The summed E-state index contributed by atoms with van der Waals surface area (Å²) in [6, 6.07) is 2.27. The number of aryl methyl sites for hydroxylation is 1. The smallest absolute Gasteiger partial charge is 0.347 e. The summed E-state index contributed by atoms with van der Waals surface area (Å²) in [5.74, 6) is -5.82. The van der Waals surface area contributed by atoms with Crippen LogP contribution in [-0.4, -0.2) is 26.2 Å². The van der Waals surface area contributed by atoms with Crippen LogP contribution in [0.5, 0.6) is 0 Å². The molecular formula is C17H14F4N4O2. The third-order valence-corrected chi connectivity index (χ3v) is 6.35. The van der Waals surface area contributed by atoms with Gasteiger partial charge in [0.05, 0.1) is 6.04 Å². The Bertz CT molecular complexity index is 1050. The van der Waals surface area contributed by atoms with Gasteiger partial charge in [-0.3, -0.25) is 9.36 Å². The van der Waals surface area contributed by atoms with E-state index in [0.29, 0.717) is 12.8 Å². The zero-order valence-corrected chi connectivity index (χ0v) is 13.9. The van der Waals surface area contributed by atoms with Crippen molar-refractivity contribution in [3.8, 4) is 0 Å². The molecule has 0 radical (unpaired) electrons. The monoisotopic (exact) mass is 382 g/mol. The fourth-order valence-corrected chi connectivity index (χ4v) is 4.89. The van der Waals surface area contributed by atoms with Crippen LogP contribution < -0.4 is 11.4 Å². The van der Waals surface area contributed by atoms with Crippen LogP contribution >= 0.6 is 0 Å². The van der Waals surface area contributed by atoms with E-state index in [2.05, 4.69) is 5.10 Å². The second-order valence-corrected chi connectivity index (χ2v) is 7.64. The lowest BCUT2D eigenvalue weighted by molar-refractivity contribution is -0.381. The third-order valence-electron chi connectivity index (χ3n) is 6.35. The maximum atomic E-state index is 14.6. The second-order valence-electron chi connectivity index (χ2n) is 7.64. The molecule has 0 spiro atoms. The number of aromatic nitrogens is 3. The molecule has 0 saturated heterocycles. The van der Waals surface area contributed by atoms with Crippen LogP contribution in [0.4, 0.5) is 17.6 Å². The topological polar surface area (TPSA) is 82.9 Å². The van der Waals surface area contributed by atoms with Crippen molar-refractivity contribution in [2.45, 2.75) is 43.2 Å². The summed E-state index contributed by atoms with van der Waals surface area (Å²) in [6.07, 6.45) is 0.222. The van der Waals surface area contributed by atoms with Gasteiger partial charge in [0.2, 0.25) is 5.91 Å². The first-order valence-corrected chi connectivity index (χ1v) is 8.48. The molecule has 1 aliphatic heterocycles. The van der Waals surface area contributed by atoms with E-state index in [4.69, 9.17) is 5.73 Å². The fourth-order valence-electron chi connectivity index (χ4n) is 4.89. The Morgan fingerprint density at radius 3 is 2.37 bits per heavy atom. The molecular weight excluding hydrogens is 368 g/mol. The summed E-state index contributed by atoms with van der Waals surface area (Å²) in [7, 11) is 0. The van der Waals surface area contributed by atoms with Crippen LogP contribution in [0.15, 0.2) is 23.0 Å². The van der Waals surface area contributed by atoms with E-state index in [1.165, 1.54) is 4.57 Å². The predicted octanol–water partition coefficient (Wildman–Crippen LogP) is 1.47. The molecule has 3 saturated carbocycles. The van der Waals surface area contributed by atoms with Gasteiger partial charge in [0.25, 0.3) is 5.92 Å². The molecule has 1 unspecified atom stereocenters. The number of benzene rings is 1. The van der Waals surface area contributed by atoms with E-state index in [9.17, 15) is 27.2 Å². The first-order valence-electron chi connectivity index (χ1n) is 8.48. The molecule has 4 aliphatic rings. The predicted molar refractivity (Wildman–Crippen MR) is 83.1 cm³/mol. The van der Waals surface area contributed by atoms with Gasteiger partial charge in [0.15, 0.2) is 0 Å². The summed E-state index contributed by atoms with van der Waals surface area (Å²) in [6.45, 7) is 0. The van der Waals surface area contributed by atoms with E-state index >= 15 is 0 Å². The van der Waals surface area contributed by atoms with Crippen LogP contribution in [0.25, 0.3) is 0 Å². The Morgan fingerprint density at radius 1 is 1.19 bits per heavy atom. The van der Waals surface area contributed by atoms with Gasteiger partial charge in [-0.25, -0.2) is 27.0 Å². The lowest BCUT2D eigenvalue weighted by atomic mass is 9.36. The molecule has 1 amide bonds. The summed E-state index contributed by atoms with van der Waals surface area (Å²) < 4.78 is 58.2. The van der Waals surface area contributed by atoms with Gasteiger partial charge in [-0.2, -0.15) is 5.10 Å². The van der Waals surface area contributed by atoms with Gasteiger partial charge in [-0.1, -0.05) is 0 Å². The minimum atomic E-state index is -3.45. The Morgan fingerprint density at radius 2 is 1.81 bits per heavy atom. The number of carbonyl (C=O) groups is 1. The van der Waals surface area contributed by atoms with Crippen molar-refractivity contribution < 1.29 is 22.4 Å². The molecule has 1 aromatic carbocycles. The van der Waals surface area contributed by atoms with Crippen LogP contribution in [0.2, 0.25) is 0 Å². The molecule has 6 rings (SSSR count). The Labute approximate surface area is 149 Å². The van der Waals surface area contributed by atoms with Crippen molar-refractivity contribution in [1.82, 2.24) is 14.3 Å². The van der Waals surface area contributed by atoms with Crippen LogP contribution in [-0.2, 0) is 16.8 Å². The highest BCUT2D eigenvalue weighted by Gasteiger charge is 2.93. The van der Waals surface area contributed by atoms with Crippen molar-refractivity contribution in [2.75, 3.05) is 0 Å². The Balaban J connectivity index is 1.58. The number of amides is 1. The maximum absolute atomic E-state index is 14.6. The normalized spacial score (nSPS) is 32.5. The number of alkyl halides is 2. The number of hydrogen-bond donors (Lipinski definition) is 1. The van der Waals surface area contributed by atoms with Crippen molar-refractivity contribution >= 4 is 5.91 Å². The molecule has 3 fully saturated rings. The van der Waals surface area contributed by atoms with Crippen molar-refractivity contribution in [1.29, 1.82) is 0 Å². The summed E-state index contributed by atoms with van der Waals surface area (Å²) >= 11 is 0. The molecule has 1 atom stereocenters. The molecule has 10 heteroatoms.